The number of benzene rings is 1. The molecule has 4 bridgehead atoms. The van der Waals surface area contributed by atoms with Gasteiger partial charge in [0.05, 0.1) is 30.8 Å². The highest BCUT2D eigenvalue weighted by Crippen LogP contribution is 2.44. The molecule has 3 aliphatic carbocycles. The lowest BCUT2D eigenvalue weighted by molar-refractivity contribution is -0.302. The zero-order valence-corrected chi connectivity index (χ0v) is 23.1. The van der Waals surface area contributed by atoms with E-state index in [0.717, 1.165) is 0 Å². The molecular formula is C30H32O14. The van der Waals surface area contributed by atoms with E-state index in [4.69, 9.17) is 9.47 Å². The van der Waals surface area contributed by atoms with Crippen molar-refractivity contribution in [2.24, 2.45) is 5.41 Å². The molecule has 2 aromatic rings. The topological polar surface area (TPSA) is 241 Å². The summed E-state index contributed by atoms with van der Waals surface area (Å²) >= 11 is 0. The summed E-state index contributed by atoms with van der Waals surface area (Å²) in [6.45, 7) is -1.10. The Morgan fingerprint density at radius 3 is 2.34 bits per heavy atom. The van der Waals surface area contributed by atoms with Crippen LogP contribution in [0.4, 0.5) is 0 Å². The van der Waals surface area contributed by atoms with Gasteiger partial charge in [0.2, 0.25) is 0 Å². The Morgan fingerprint density at radius 2 is 1.66 bits per heavy atom. The molecule has 5 aliphatic rings. The second-order valence-corrected chi connectivity index (χ2v) is 11.8. The summed E-state index contributed by atoms with van der Waals surface area (Å²) in [6.07, 6.45) is -10.9. The van der Waals surface area contributed by atoms with Gasteiger partial charge < -0.3 is 55.1 Å². The number of rotatable bonds is 7. The average molecular weight is 617 g/mol. The standard InChI is InChI=1S/C30H32O14/c31-10-18-23(36)25(38)26(39)27(43-18)42-4-3-30(28(40)44-29(30)41)9-13-6-11-5-12-8-17(33)19(24(37)22(12)35)14-1-2-16(32)20(21(13)34)15(14)7-11/h1-2,5-7,17-19,22-27,31-33,35-39H,3-4,8-10H2. The first kappa shape index (κ1) is 30.7. The lowest BCUT2D eigenvalue weighted by Crippen LogP contribution is -2.59. The van der Waals surface area contributed by atoms with Crippen molar-refractivity contribution < 1.29 is 64.7 Å². The lowest BCUT2D eigenvalue weighted by Gasteiger charge is -2.40. The zero-order valence-electron chi connectivity index (χ0n) is 23.1. The van der Waals surface area contributed by atoms with Crippen LogP contribution in [0.5, 0.6) is 5.75 Å². The molecule has 0 aromatic heterocycles. The molecule has 9 atom stereocenters. The quantitative estimate of drug-likeness (QED) is 0.120. The number of phenolic OH excluding ortho intramolecular Hbond substituents is 1. The van der Waals surface area contributed by atoms with Crippen LogP contribution in [0.2, 0.25) is 0 Å². The first-order chi connectivity index (χ1) is 20.9. The van der Waals surface area contributed by atoms with E-state index in [1.807, 2.05) is 0 Å². The molecule has 14 nitrogen and oxygen atoms in total. The molecule has 0 amide bonds. The fraction of sp³-hybridized carbons (Fsp3) is 0.500. The molecule has 9 unspecified atom stereocenters. The van der Waals surface area contributed by atoms with Crippen LogP contribution in [0, 0.1) is 5.41 Å². The number of aliphatic hydroxyl groups is 7. The normalized spacial score (nSPS) is 34.2. The van der Waals surface area contributed by atoms with Crippen LogP contribution in [0.15, 0.2) is 34.6 Å². The maximum atomic E-state index is 14.0. The van der Waals surface area contributed by atoms with Gasteiger partial charge in [0.25, 0.3) is 0 Å². The number of fused-ring (bicyclic) bond motifs is 2. The number of phenols is 1. The average Bonchev–Trinajstić information content (AvgIpc) is 3.06. The van der Waals surface area contributed by atoms with E-state index in [2.05, 4.69) is 4.74 Å². The van der Waals surface area contributed by atoms with Crippen molar-refractivity contribution in [2.45, 2.75) is 74.2 Å². The molecule has 236 valence electrons. The Kier molecular flexibility index (Phi) is 7.85. The van der Waals surface area contributed by atoms with Gasteiger partial charge in [-0.2, -0.15) is 0 Å². The number of aliphatic hydroxyl groups excluding tert-OH is 7. The molecule has 0 radical (unpaired) electrons. The fourth-order valence-electron chi connectivity index (χ4n) is 6.67. The predicted octanol–water partition coefficient (Wildman–Crippen LogP) is -2.31. The van der Waals surface area contributed by atoms with Crippen LogP contribution in [0.1, 0.15) is 35.4 Å². The summed E-state index contributed by atoms with van der Waals surface area (Å²) in [6, 6.07) is 5.68. The lowest BCUT2D eigenvalue weighted by atomic mass is 9.74. The summed E-state index contributed by atoms with van der Waals surface area (Å²) in [4.78, 5) is 39.6. The highest BCUT2D eigenvalue weighted by atomic mass is 16.7. The summed E-state index contributed by atoms with van der Waals surface area (Å²) < 4.78 is 15.5. The second-order valence-electron chi connectivity index (χ2n) is 11.8. The predicted molar refractivity (Wildman–Crippen MR) is 147 cm³/mol. The summed E-state index contributed by atoms with van der Waals surface area (Å²) in [5.74, 6) is -3.27. The van der Waals surface area contributed by atoms with Crippen molar-refractivity contribution >= 4 is 28.8 Å². The molecule has 14 heteroatoms. The molecule has 8 N–H and O–H groups in total. The molecule has 44 heavy (non-hydrogen) atoms. The number of aromatic hydroxyl groups is 1. The van der Waals surface area contributed by atoms with Crippen LogP contribution in [-0.4, -0.2) is 115 Å². The van der Waals surface area contributed by atoms with E-state index in [0.29, 0.717) is 16.7 Å². The van der Waals surface area contributed by atoms with Gasteiger partial charge in [-0.15, -0.1) is 0 Å². The smallest absolute Gasteiger partial charge is 0.331 e. The largest absolute Gasteiger partial charge is 0.507 e. The van der Waals surface area contributed by atoms with Gasteiger partial charge in [-0.3, -0.25) is 14.4 Å². The van der Waals surface area contributed by atoms with Crippen molar-refractivity contribution in [1.29, 1.82) is 0 Å². The van der Waals surface area contributed by atoms with Crippen molar-refractivity contribution in [3.8, 4) is 5.75 Å². The number of hydrogen-bond acceptors (Lipinski definition) is 14. The number of hydrogen-bond donors (Lipinski definition) is 8. The minimum Gasteiger partial charge on any atom is -0.507 e. The maximum absolute atomic E-state index is 14.0. The molecule has 1 saturated carbocycles. The molecule has 2 saturated heterocycles. The van der Waals surface area contributed by atoms with Crippen molar-refractivity contribution in [2.75, 3.05) is 13.2 Å². The van der Waals surface area contributed by atoms with Gasteiger partial charge in [-0.05, 0) is 53.1 Å². The second kappa shape index (κ2) is 11.2. The third-order valence-corrected chi connectivity index (χ3v) is 9.19. The highest BCUT2D eigenvalue weighted by molar-refractivity contribution is 6.14. The number of ether oxygens (including phenoxy) is 3. The van der Waals surface area contributed by atoms with Crippen LogP contribution in [-0.2, 0) is 30.2 Å². The van der Waals surface area contributed by atoms with Gasteiger partial charge in [0, 0.05) is 17.9 Å². The molecule has 7 rings (SSSR count). The number of cyclic esters (lactones) is 2. The first-order valence-electron chi connectivity index (χ1n) is 14.1. The Labute approximate surface area is 249 Å². The van der Waals surface area contributed by atoms with Crippen molar-refractivity contribution in [3.05, 3.63) is 56.8 Å². The summed E-state index contributed by atoms with van der Waals surface area (Å²) in [5.41, 5.74) is -1.68. The monoisotopic (exact) mass is 616 g/mol. The molecular weight excluding hydrogens is 584 g/mol. The van der Waals surface area contributed by atoms with Crippen LogP contribution in [0.25, 0.3) is 16.8 Å². The van der Waals surface area contributed by atoms with Gasteiger partial charge in [0.15, 0.2) is 17.1 Å². The van der Waals surface area contributed by atoms with Crippen LogP contribution < -0.4 is 5.43 Å². The molecule has 0 spiro atoms. The minimum atomic E-state index is -1.90. The van der Waals surface area contributed by atoms with Gasteiger partial charge in [-0.1, -0.05) is 12.1 Å². The van der Waals surface area contributed by atoms with E-state index >= 15 is 0 Å². The third kappa shape index (κ3) is 4.74. The molecule has 2 aliphatic heterocycles. The molecule has 2 aromatic carbocycles. The zero-order chi connectivity index (χ0) is 31.7. The van der Waals surface area contributed by atoms with Gasteiger partial charge >= 0.3 is 11.9 Å². The Morgan fingerprint density at radius 1 is 0.932 bits per heavy atom. The fourth-order valence-corrected chi connectivity index (χ4v) is 6.67. The SMILES string of the molecule is O=C1OC(=O)C1(CCOC1OC(CO)C(O)C(O)C1O)Cc1cc2cc3c(ccc(O)c3c1=O)C1C(O)CC(=C2)C(O)C1O. The van der Waals surface area contributed by atoms with Gasteiger partial charge in [-0.25, -0.2) is 0 Å². The number of carbonyl (C=O) groups excluding carboxylic acids is 2. The van der Waals surface area contributed by atoms with E-state index < -0.39 is 103 Å². The third-order valence-electron chi connectivity index (χ3n) is 9.19. The van der Waals surface area contributed by atoms with Crippen LogP contribution in [0.3, 0.4) is 0 Å². The Hall–Kier alpha value is -3.31. The van der Waals surface area contributed by atoms with E-state index in [9.17, 15) is 55.2 Å². The summed E-state index contributed by atoms with van der Waals surface area (Å²) in [7, 11) is 0. The summed E-state index contributed by atoms with van der Waals surface area (Å²) in [5, 5.41) is 83.1. The van der Waals surface area contributed by atoms with Gasteiger partial charge in [0.1, 0.15) is 36.3 Å². The van der Waals surface area contributed by atoms with E-state index in [-0.39, 0.29) is 29.2 Å². The Bertz CT molecular complexity index is 1590. The van der Waals surface area contributed by atoms with Crippen LogP contribution >= 0.6 is 0 Å². The first-order valence-corrected chi connectivity index (χ1v) is 14.1. The van der Waals surface area contributed by atoms with E-state index in [1.165, 1.54) is 24.3 Å². The maximum Gasteiger partial charge on any atom is 0.331 e. The van der Waals surface area contributed by atoms with Crippen molar-refractivity contribution in [3.63, 3.8) is 0 Å². The minimum absolute atomic E-state index is 0.0248. The molecule has 2 heterocycles. The molecule has 3 fully saturated rings. The number of esters is 2. The highest BCUT2D eigenvalue weighted by Gasteiger charge is 2.59. The van der Waals surface area contributed by atoms with Crippen molar-refractivity contribution in [1.82, 2.24) is 0 Å². The number of carbonyl (C=O) groups is 2. The Balaban J connectivity index is 1.38. The van der Waals surface area contributed by atoms with E-state index in [1.54, 1.807) is 6.07 Å².